The number of methoxy groups -OCH3 is 1. The van der Waals surface area contributed by atoms with Crippen LogP contribution in [0, 0.1) is 0 Å². The summed E-state index contributed by atoms with van der Waals surface area (Å²) in [6.45, 7) is 4.88. The second kappa shape index (κ2) is 7.18. The van der Waals surface area contributed by atoms with Crippen LogP contribution in [0.2, 0.25) is 0 Å². The third kappa shape index (κ3) is 3.46. The van der Waals surface area contributed by atoms with E-state index in [9.17, 15) is 0 Å². The van der Waals surface area contributed by atoms with E-state index in [2.05, 4.69) is 35.2 Å². The zero-order valence-electron chi connectivity index (χ0n) is 14.4. The maximum atomic E-state index is 5.46. The Balaban J connectivity index is 1.49. The van der Waals surface area contributed by atoms with Crippen molar-refractivity contribution in [2.45, 2.75) is 37.8 Å². The normalized spacial score (nSPS) is 23.1. The topological polar surface area (TPSA) is 34.6 Å². The largest absolute Gasteiger partial charge is 0.381 e. The molecule has 2 aromatic rings. The summed E-state index contributed by atoms with van der Waals surface area (Å²) in [5, 5.41) is 1.24. The van der Waals surface area contributed by atoms with Crippen LogP contribution in [0.25, 0.3) is 10.9 Å². The molecule has 4 heteroatoms. The number of rotatable bonds is 4. The van der Waals surface area contributed by atoms with Crippen LogP contribution in [0.1, 0.15) is 36.4 Å². The van der Waals surface area contributed by atoms with Gasteiger partial charge in [-0.1, -0.05) is 12.1 Å². The fraction of sp³-hybridized carbons (Fsp3) is 0.550. The Morgan fingerprint density at radius 1 is 1.17 bits per heavy atom. The molecule has 2 saturated heterocycles. The number of fused-ring (bicyclic) bond motifs is 1. The average molecular weight is 326 g/mol. The monoisotopic (exact) mass is 326 g/mol. The van der Waals surface area contributed by atoms with Gasteiger partial charge >= 0.3 is 0 Å². The van der Waals surface area contributed by atoms with Gasteiger partial charge in [0.2, 0.25) is 0 Å². The van der Waals surface area contributed by atoms with E-state index in [1.807, 2.05) is 7.11 Å². The van der Waals surface area contributed by atoms with Crippen molar-refractivity contribution < 1.29 is 9.47 Å². The first-order valence-corrected chi connectivity index (χ1v) is 9.04. The van der Waals surface area contributed by atoms with E-state index in [1.54, 1.807) is 0 Å². The van der Waals surface area contributed by atoms with E-state index in [-0.39, 0.29) is 0 Å². The van der Waals surface area contributed by atoms with Crippen LogP contribution in [0.3, 0.4) is 0 Å². The van der Waals surface area contributed by atoms with Crippen LogP contribution in [0.4, 0.5) is 0 Å². The number of aromatic nitrogens is 1. The SMILES string of the molecule is COC1CCN(Cc2ccc3nc(C4CCOCC4)ccc3c2)C1. The Kier molecular flexibility index (Phi) is 4.79. The van der Waals surface area contributed by atoms with Gasteiger partial charge in [-0.3, -0.25) is 9.88 Å². The molecular weight excluding hydrogens is 300 g/mol. The molecule has 0 radical (unpaired) electrons. The highest BCUT2D eigenvalue weighted by Gasteiger charge is 2.22. The molecule has 128 valence electrons. The number of hydrogen-bond acceptors (Lipinski definition) is 4. The van der Waals surface area contributed by atoms with Crippen molar-refractivity contribution in [3.63, 3.8) is 0 Å². The minimum Gasteiger partial charge on any atom is -0.381 e. The molecule has 1 aromatic heterocycles. The Morgan fingerprint density at radius 3 is 2.83 bits per heavy atom. The van der Waals surface area contributed by atoms with E-state index in [0.29, 0.717) is 12.0 Å². The Labute approximate surface area is 143 Å². The molecule has 4 rings (SSSR count). The van der Waals surface area contributed by atoms with Crippen LogP contribution in [-0.4, -0.2) is 49.4 Å². The Bertz CT molecular complexity index is 697. The van der Waals surface area contributed by atoms with Gasteiger partial charge in [0.25, 0.3) is 0 Å². The lowest BCUT2D eigenvalue weighted by Gasteiger charge is -2.21. The first-order chi connectivity index (χ1) is 11.8. The summed E-state index contributed by atoms with van der Waals surface area (Å²) in [5.74, 6) is 0.554. The summed E-state index contributed by atoms with van der Waals surface area (Å²) >= 11 is 0. The fourth-order valence-corrected chi connectivity index (χ4v) is 3.90. The van der Waals surface area contributed by atoms with Crippen molar-refractivity contribution in [3.8, 4) is 0 Å². The van der Waals surface area contributed by atoms with Crippen LogP contribution in [0.15, 0.2) is 30.3 Å². The molecule has 24 heavy (non-hydrogen) atoms. The number of hydrogen-bond donors (Lipinski definition) is 0. The second-order valence-corrected chi connectivity index (χ2v) is 7.03. The van der Waals surface area contributed by atoms with Gasteiger partial charge in [-0.05, 0) is 43.0 Å². The molecule has 4 nitrogen and oxygen atoms in total. The van der Waals surface area contributed by atoms with Crippen molar-refractivity contribution in [2.24, 2.45) is 0 Å². The molecule has 0 bridgehead atoms. The zero-order chi connectivity index (χ0) is 16.4. The van der Waals surface area contributed by atoms with E-state index in [1.165, 1.54) is 16.6 Å². The first kappa shape index (κ1) is 16.0. The molecule has 0 spiro atoms. The van der Waals surface area contributed by atoms with Crippen LogP contribution in [-0.2, 0) is 16.0 Å². The van der Waals surface area contributed by atoms with Crippen molar-refractivity contribution >= 4 is 10.9 Å². The second-order valence-electron chi connectivity index (χ2n) is 7.03. The summed E-state index contributed by atoms with van der Waals surface area (Å²) in [6.07, 6.45) is 3.72. The van der Waals surface area contributed by atoms with Crippen molar-refractivity contribution in [1.29, 1.82) is 0 Å². The van der Waals surface area contributed by atoms with Gasteiger partial charge in [0, 0.05) is 57.0 Å². The molecule has 2 fully saturated rings. The van der Waals surface area contributed by atoms with Crippen LogP contribution < -0.4 is 0 Å². The van der Waals surface area contributed by atoms with E-state index in [4.69, 9.17) is 14.5 Å². The number of pyridine rings is 1. The van der Waals surface area contributed by atoms with Gasteiger partial charge in [0.05, 0.1) is 11.6 Å². The maximum absolute atomic E-state index is 5.46. The average Bonchev–Trinajstić information content (AvgIpc) is 3.09. The summed E-state index contributed by atoms with van der Waals surface area (Å²) in [5.41, 5.74) is 3.69. The molecule has 2 aliphatic heterocycles. The number of benzene rings is 1. The van der Waals surface area contributed by atoms with Crippen LogP contribution in [0.5, 0.6) is 0 Å². The Hall–Kier alpha value is -1.49. The van der Waals surface area contributed by atoms with Gasteiger partial charge in [0.1, 0.15) is 0 Å². The molecule has 1 aromatic carbocycles. The third-order valence-electron chi connectivity index (χ3n) is 5.38. The van der Waals surface area contributed by atoms with Gasteiger partial charge in [-0.15, -0.1) is 0 Å². The van der Waals surface area contributed by atoms with Gasteiger partial charge in [-0.25, -0.2) is 0 Å². The fourth-order valence-electron chi connectivity index (χ4n) is 3.90. The maximum Gasteiger partial charge on any atom is 0.0710 e. The predicted octanol–water partition coefficient (Wildman–Crippen LogP) is 3.35. The molecule has 0 saturated carbocycles. The highest BCUT2D eigenvalue weighted by Crippen LogP contribution is 2.27. The lowest BCUT2D eigenvalue weighted by atomic mass is 9.95. The predicted molar refractivity (Wildman–Crippen MR) is 95.2 cm³/mol. The smallest absolute Gasteiger partial charge is 0.0710 e. The van der Waals surface area contributed by atoms with Crippen molar-refractivity contribution in [1.82, 2.24) is 9.88 Å². The van der Waals surface area contributed by atoms with Gasteiger partial charge < -0.3 is 9.47 Å². The van der Waals surface area contributed by atoms with Crippen LogP contribution >= 0.6 is 0 Å². The summed E-state index contributed by atoms with van der Waals surface area (Å²) < 4.78 is 10.9. The minimum absolute atomic E-state index is 0.397. The summed E-state index contributed by atoms with van der Waals surface area (Å²) in [7, 11) is 1.81. The molecule has 3 heterocycles. The molecule has 0 N–H and O–H groups in total. The van der Waals surface area contributed by atoms with E-state index >= 15 is 0 Å². The van der Waals surface area contributed by atoms with Gasteiger partial charge in [0.15, 0.2) is 0 Å². The molecule has 1 unspecified atom stereocenters. The summed E-state index contributed by atoms with van der Waals surface area (Å²) in [4.78, 5) is 7.38. The molecule has 1 atom stereocenters. The number of ether oxygens (including phenoxy) is 2. The third-order valence-corrected chi connectivity index (χ3v) is 5.38. The van der Waals surface area contributed by atoms with E-state index in [0.717, 1.165) is 57.6 Å². The van der Waals surface area contributed by atoms with E-state index < -0.39 is 0 Å². The lowest BCUT2D eigenvalue weighted by molar-refractivity contribution is 0.0846. The zero-order valence-corrected chi connectivity index (χ0v) is 14.4. The molecule has 2 aliphatic rings. The standard InChI is InChI=1S/C20H26N2O2/c1-23-18-6-9-22(14-18)13-15-2-4-20-17(12-15)3-5-19(21-20)16-7-10-24-11-8-16/h2-5,12,16,18H,6-11,13-14H2,1H3. The molecule has 0 aliphatic carbocycles. The quantitative estimate of drug-likeness (QED) is 0.863. The van der Waals surface area contributed by atoms with Crippen molar-refractivity contribution in [3.05, 3.63) is 41.6 Å². The Morgan fingerprint density at radius 2 is 2.04 bits per heavy atom. The molecular formula is C20H26N2O2. The first-order valence-electron chi connectivity index (χ1n) is 9.04. The lowest BCUT2D eigenvalue weighted by Crippen LogP contribution is -2.22. The highest BCUT2D eigenvalue weighted by molar-refractivity contribution is 5.79. The summed E-state index contributed by atoms with van der Waals surface area (Å²) in [6, 6.07) is 11.1. The van der Waals surface area contributed by atoms with Gasteiger partial charge in [-0.2, -0.15) is 0 Å². The minimum atomic E-state index is 0.397. The molecule has 0 amide bonds. The van der Waals surface area contributed by atoms with Crippen molar-refractivity contribution in [2.75, 3.05) is 33.4 Å². The highest BCUT2D eigenvalue weighted by atomic mass is 16.5. The number of nitrogens with zero attached hydrogens (tertiary/aromatic N) is 2. The number of likely N-dealkylation sites (tertiary alicyclic amines) is 1.